The maximum Gasteiger partial charge on any atom is 0.308 e. The number of benzene rings is 3. The molecule has 3 aromatic carbocycles. The van der Waals surface area contributed by atoms with Gasteiger partial charge in [0.15, 0.2) is 0 Å². The molecule has 0 aliphatic heterocycles. The first-order chi connectivity index (χ1) is 15.4. The van der Waals surface area contributed by atoms with Crippen LogP contribution in [0.2, 0.25) is 0 Å². The van der Waals surface area contributed by atoms with Gasteiger partial charge in [-0.05, 0) is 53.6 Å². The number of hydrogen-bond donors (Lipinski definition) is 2. The summed E-state index contributed by atoms with van der Waals surface area (Å²) in [6.07, 6.45) is 3.19. The molecule has 3 rings (SSSR count). The van der Waals surface area contributed by atoms with Crippen LogP contribution >= 0.6 is 15.9 Å². The fourth-order valence-corrected chi connectivity index (χ4v) is 3.11. The van der Waals surface area contributed by atoms with Crippen molar-refractivity contribution < 1.29 is 19.1 Å². The molecule has 32 heavy (non-hydrogen) atoms. The maximum atomic E-state index is 12.7. The normalized spacial score (nSPS) is 10.6. The third kappa shape index (κ3) is 6.92. The first-order valence-electron chi connectivity index (χ1n) is 9.80. The molecule has 0 saturated carbocycles. The molecule has 0 atom stereocenters. The van der Waals surface area contributed by atoms with Gasteiger partial charge in [0.1, 0.15) is 5.75 Å². The summed E-state index contributed by atoms with van der Waals surface area (Å²) in [5, 5.41) is 5.66. The van der Waals surface area contributed by atoms with Crippen LogP contribution in [0.25, 0.3) is 6.08 Å². The number of nitrogens with one attached hydrogen (secondary N) is 2. The zero-order valence-corrected chi connectivity index (χ0v) is 18.9. The van der Waals surface area contributed by atoms with Crippen molar-refractivity contribution in [3.05, 3.63) is 100 Å². The van der Waals surface area contributed by atoms with Crippen molar-refractivity contribution in [1.82, 2.24) is 5.32 Å². The largest absolute Gasteiger partial charge is 0.427 e. The van der Waals surface area contributed by atoms with Crippen molar-refractivity contribution in [2.24, 2.45) is 0 Å². The molecule has 0 spiro atoms. The third-order valence-electron chi connectivity index (χ3n) is 4.37. The lowest BCUT2D eigenvalue weighted by molar-refractivity contribution is -0.131. The monoisotopic (exact) mass is 492 g/mol. The van der Waals surface area contributed by atoms with E-state index in [9.17, 15) is 14.4 Å². The Kier molecular flexibility index (Phi) is 7.94. The molecule has 2 N–H and O–H groups in total. The average molecular weight is 493 g/mol. The van der Waals surface area contributed by atoms with E-state index in [1.54, 1.807) is 36.4 Å². The van der Waals surface area contributed by atoms with Crippen molar-refractivity contribution >= 4 is 45.5 Å². The highest BCUT2D eigenvalue weighted by molar-refractivity contribution is 9.10. The molecule has 3 aromatic rings. The van der Waals surface area contributed by atoms with Crippen molar-refractivity contribution in [1.29, 1.82) is 0 Å². The topological polar surface area (TPSA) is 84.5 Å². The van der Waals surface area contributed by atoms with Gasteiger partial charge in [0.05, 0.1) is 0 Å². The number of ether oxygens (including phenoxy) is 1. The van der Waals surface area contributed by atoms with Crippen molar-refractivity contribution in [3.8, 4) is 5.75 Å². The molecule has 162 valence electrons. The van der Waals surface area contributed by atoms with Crippen molar-refractivity contribution in [2.45, 2.75) is 13.5 Å². The van der Waals surface area contributed by atoms with Gasteiger partial charge in [-0.15, -0.1) is 0 Å². The van der Waals surface area contributed by atoms with Crippen LogP contribution in [0.15, 0.2) is 83.3 Å². The van der Waals surface area contributed by atoms with E-state index in [-0.39, 0.29) is 18.4 Å². The van der Waals surface area contributed by atoms with Gasteiger partial charge in [0.25, 0.3) is 5.91 Å². The van der Waals surface area contributed by atoms with Crippen LogP contribution in [0.5, 0.6) is 5.75 Å². The SMILES string of the molecule is CC(=O)Oc1cccc(C(=O)Nc2ccccc2CNC(=O)/C=C/c2ccc(Br)cc2)c1. The maximum absolute atomic E-state index is 12.7. The van der Waals surface area contributed by atoms with Gasteiger partial charge in [-0.25, -0.2) is 0 Å². The average Bonchev–Trinajstić information content (AvgIpc) is 2.78. The Balaban J connectivity index is 1.63. The summed E-state index contributed by atoms with van der Waals surface area (Å²) in [5.74, 6) is -0.767. The van der Waals surface area contributed by atoms with Crippen molar-refractivity contribution in [2.75, 3.05) is 5.32 Å². The number of carbonyl (C=O) groups excluding carboxylic acids is 3. The van der Waals surface area contributed by atoms with Crippen LogP contribution in [0, 0.1) is 0 Å². The van der Waals surface area contributed by atoms with Crippen LogP contribution in [0.3, 0.4) is 0 Å². The lowest BCUT2D eigenvalue weighted by atomic mass is 10.1. The van der Waals surface area contributed by atoms with Gasteiger partial charge in [-0.3, -0.25) is 14.4 Å². The summed E-state index contributed by atoms with van der Waals surface area (Å²) in [5.41, 5.74) is 2.59. The molecule has 2 amide bonds. The molecule has 0 bridgehead atoms. The summed E-state index contributed by atoms with van der Waals surface area (Å²) in [4.78, 5) is 36.0. The second-order valence-corrected chi connectivity index (χ2v) is 7.75. The fourth-order valence-electron chi connectivity index (χ4n) is 2.84. The standard InChI is InChI=1S/C25H21BrN2O4/c1-17(29)32-22-7-4-6-19(15-22)25(31)28-23-8-3-2-5-20(23)16-27-24(30)14-11-18-9-12-21(26)13-10-18/h2-15H,16H2,1H3,(H,27,30)(H,28,31)/b14-11+. The number of rotatable bonds is 7. The van der Waals surface area contributed by atoms with Crippen LogP contribution in [0.1, 0.15) is 28.4 Å². The Morgan fingerprint density at radius 3 is 2.47 bits per heavy atom. The molecule has 0 heterocycles. The van der Waals surface area contributed by atoms with Gasteiger partial charge < -0.3 is 15.4 Å². The summed E-state index contributed by atoms with van der Waals surface area (Å²) in [6.45, 7) is 1.54. The first kappa shape index (κ1) is 23.0. The zero-order valence-electron chi connectivity index (χ0n) is 17.3. The quantitative estimate of drug-likeness (QED) is 0.277. The molecule has 0 aliphatic rings. The predicted octanol–water partition coefficient (Wildman–Crippen LogP) is 4.96. The molecular weight excluding hydrogens is 472 g/mol. The Hall–Kier alpha value is -3.71. The van der Waals surface area contributed by atoms with Crippen molar-refractivity contribution in [3.63, 3.8) is 0 Å². The number of anilines is 1. The number of para-hydroxylation sites is 1. The minimum atomic E-state index is -0.460. The van der Waals surface area contributed by atoms with E-state index in [0.29, 0.717) is 17.0 Å². The Morgan fingerprint density at radius 1 is 0.969 bits per heavy atom. The van der Waals surface area contributed by atoms with Crippen LogP contribution in [-0.4, -0.2) is 17.8 Å². The van der Waals surface area contributed by atoms with Gasteiger partial charge in [0, 0.05) is 35.3 Å². The Labute approximate surface area is 194 Å². The summed E-state index contributed by atoms with van der Waals surface area (Å²) < 4.78 is 6.00. The molecule has 6 nitrogen and oxygen atoms in total. The van der Waals surface area contributed by atoms with Gasteiger partial charge >= 0.3 is 5.97 Å². The minimum absolute atomic E-state index is 0.244. The Bertz CT molecular complexity index is 1160. The number of esters is 1. The summed E-state index contributed by atoms with van der Waals surface area (Å²) in [7, 11) is 0. The molecule has 0 aromatic heterocycles. The summed E-state index contributed by atoms with van der Waals surface area (Å²) in [6, 6.07) is 21.2. The first-order valence-corrected chi connectivity index (χ1v) is 10.6. The highest BCUT2D eigenvalue weighted by Gasteiger charge is 2.11. The van der Waals surface area contributed by atoms with Gasteiger partial charge in [-0.2, -0.15) is 0 Å². The van der Waals surface area contributed by atoms with E-state index in [2.05, 4.69) is 26.6 Å². The number of hydrogen-bond acceptors (Lipinski definition) is 4. The van der Waals surface area contributed by atoms with E-state index in [4.69, 9.17) is 4.74 Å². The van der Waals surface area contributed by atoms with Gasteiger partial charge in [-0.1, -0.05) is 52.3 Å². The molecule has 0 radical (unpaired) electrons. The molecule has 0 unspecified atom stereocenters. The van der Waals surface area contributed by atoms with E-state index < -0.39 is 5.97 Å². The highest BCUT2D eigenvalue weighted by Crippen LogP contribution is 2.19. The summed E-state index contributed by atoms with van der Waals surface area (Å²) >= 11 is 3.37. The van der Waals surface area contributed by atoms with Gasteiger partial charge in [0.2, 0.25) is 5.91 Å². The fraction of sp³-hybridized carbons (Fsp3) is 0.0800. The Morgan fingerprint density at radius 2 is 1.72 bits per heavy atom. The smallest absolute Gasteiger partial charge is 0.308 e. The second kappa shape index (κ2) is 11.1. The molecule has 0 fully saturated rings. The van der Waals surface area contributed by atoms with Crippen LogP contribution < -0.4 is 15.4 Å². The third-order valence-corrected chi connectivity index (χ3v) is 4.90. The van der Waals surface area contributed by atoms with E-state index in [0.717, 1.165) is 15.6 Å². The lowest BCUT2D eigenvalue weighted by Crippen LogP contribution is -2.22. The van der Waals surface area contributed by atoms with E-state index in [1.165, 1.54) is 19.1 Å². The lowest BCUT2D eigenvalue weighted by Gasteiger charge is -2.12. The number of halogens is 1. The van der Waals surface area contributed by atoms with Crippen LogP contribution in [0.4, 0.5) is 5.69 Å². The zero-order chi connectivity index (χ0) is 22.9. The molecule has 7 heteroatoms. The highest BCUT2D eigenvalue weighted by atomic mass is 79.9. The molecular formula is C25H21BrN2O4. The van der Waals surface area contributed by atoms with E-state index >= 15 is 0 Å². The molecule has 0 saturated heterocycles. The number of amides is 2. The number of carbonyl (C=O) groups is 3. The van der Waals surface area contributed by atoms with Crippen LogP contribution in [-0.2, 0) is 16.1 Å². The molecule has 0 aliphatic carbocycles. The second-order valence-electron chi connectivity index (χ2n) is 6.84. The minimum Gasteiger partial charge on any atom is -0.427 e. The predicted molar refractivity (Wildman–Crippen MR) is 127 cm³/mol. The van der Waals surface area contributed by atoms with E-state index in [1.807, 2.05) is 36.4 Å².